The summed E-state index contributed by atoms with van der Waals surface area (Å²) in [5, 5.41) is 12.4. The molecule has 0 bridgehead atoms. The Labute approximate surface area is 206 Å². The average Bonchev–Trinajstić information content (AvgIpc) is 2.79. The fraction of sp³-hybridized carbons (Fsp3) is 0.154. The number of ether oxygens (including phenoxy) is 2. The first-order valence-electron chi connectivity index (χ1n) is 10.1. The molecule has 3 rings (SSSR count). The molecule has 0 atom stereocenters. The van der Waals surface area contributed by atoms with Crippen LogP contribution in [0.4, 0.5) is 10.1 Å². The number of amides is 1. The van der Waals surface area contributed by atoms with E-state index in [2.05, 4.69) is 27.9 Å². The van der Waals surface area contributed by atoms with E-state index < -0.39 is 5.91 Å². The quantitative estimate of drug-likeness (QED) is 0.214. The number of halogens is 2. The van der Waals surface area contributed by atoms with Gasteiger partial charge in [0.05, 0.1) is 10.7 Å². The Morgan fingerprint density at radius 1 is 1.15 bits per heavy atom. The Kier molecular flexibility index (Phi) is 8.06. The summed E-state index contributed by atoms with van der Waals surface area (Å²) in [6, 6.07) is 17.3. The first-order valence-corrected chi connectivity index (χ1v) is 11.1. The highest BCUT2D eigenvalue weighted by Gasteiger charge is 2.15. The first kappa shape index (κ1) is 24.3. The number of hydrogen-bond acceptors (Lipinski definition) is 4. The molecule has 33 heavy (non-hydrogen) atoms. The van der Waals surface area contributed by atoms with Gasteiger partial charge >= 0.3 is 0 Å². The zero-order chi connectivity index (χ0) is 24.0. The van der Waals surface area contributed by atoms with E-state index in [0.717, 1.165) is 20.3 Å². The van der Waals surface area contributed by atoms with Gasteiger partial charge in [0.15, 0.2) is 11.5 Å². The van der Waals surface area contributed by atoms with Gasteiger partial charge < -0.3 is 14.8 Å². The second-order valence-corrected chi connectivity index (χ2v) is 8.55. The largest absolute Gasteiger partial charge is 0.493 e. The predicted octanol–water partition coefficient (Wildman–Crippen LogP) is 6.18. The summed E-state index contributed by atoms with van der Waals surface area (Å²) < 4.78 is 25.2. The molecule has 3 aromatic rings. The SMILES string of the molecule is COc1cc(/C=C(\C#N)C(=O)Nc2cc(C)ccc2C)cc(I)c1OCc1ccc(F)cc1. The van der Waals surface area contributed by atoms with Gasteiger partial charge in [-0.05, 0) is 95.1 Å². The Morgan fingerprint density at radius 2 is 1.88 bits per heavy atom. The number of hydrogen-bond donors (Lipinski definition) is 1. The lowest BCUT2D eigenvalue weighted by molar-refractivity contribution is -0.112. The highest BCUT2D eigenvalue weighted by atomic mass is 127. The molecule has 0 spiro atoms. The second kappa shape index (κ2) is 11.0. The molecule has 0 radical (unpaired) electrons. The lowest BCUT2D eigenvalue weighted by Crippen LogP contribution is -2.14. The smallest absolute Gasteiger partial charge is 0.266 e. The molecule has 168 valence electrons. The fourth-order valence-electron chi connectivity index (χ4n) is 3.07. The van der Waals surface area contributed by atoms with Gasteiger partial charge in [-0.1, -0.05) is 24.3 Å². The third kappa shape index (κ3) is 6.33. The monoisotopic (exact) mass is 556 g/mol. The molecular weight excluding hydrogens is 534 g/mol. The summed E-state index contributed by atoms with van der Waals surface area (Å²) in [5.74, 6) is 0.189. The van der Waals surface area contributed by atoms with Gasteiger partial charge in [0.2, 0.25) is 0 Å². The molecule has 0 fully saturated rings. The molecule has 1 N–H and O–H groups in total. The highest BCUT2D eigenvalue weighted by Crippen LogP contribution is 2.35. The molecule has 0 saturated carbocycles. The van der Waals surface area contributed by atoms with Crippen molar-refractivity contribution in [3.05, 3.63) is 91.8 Å². The van der Waals surface area contributed by atoms with Crippen LogP contribution in [-0.4, -0.2) is 13.0 Å². The lowest BCUT2D eigenvalue weighted by atomic mass is 10.1. The van der Waals surface area contributed by atoms with Crippen molar-refractivity contribution in [3.63, 3.8) is 0 Å². The number of nitrogens with zero attached hydrogens (tertiary/aromatic N) is 1. The number of rotatable bonds is 7. The van der Waals surface area contributed by atoms with E-state index in [1.807, 2.05) is 38.1 Å². The van der Waals surface area contributed by atoms with Crippen molar-refractivity contribution in [3.8, 4) is 17.6 Å². The fourth-order valence-corrected chi connectivity index (χ4v) is 3.86. The van der Waals surface area contributed by atoms with Crippen LogP contribution >= 0.6 is 22.6 Å². The Morgan fingerprint density at radius 3 is 2.55 bits per heavy atom. The number of nitriles is 1. The molecule has 0 aliphatic heterocycles. The zero-order valence-electron chi connectivity index (χ0n) is 18.4. The van der Waals surface area contributed by atoms with Crippen molar-refractivity contribution in [1.29, 1.82) is 5.26 Å². The van der Waals surface area contributed by atoms with E-state index in [1.54, 1.807) is 24.3 Å². The van der Waals surface area contributed by atoms with Crippen molar-refractivity contribution in [2.45, 2.75) is 20.5 Å². The minimum Gasteiger partial charge on any atom is -0.493 e. The van der Waals surface area contributed by atoms with Crippen LogP contribution in [0.25, 0.3) is 6.08 Å². The van der Waals surface area contributed by atoms with Gasteiger partial charge in [0, 0.05) is 5.69 Å². The van der Waals surface area contributed by atoms with E-state index in [0.29, 0.717) is 22.7 Å². The standard InChI is InChI=1S/C26H22FIN2O3/c1-16-4-5-17(2)23(10-16)30-26(31)20(14-29)11-19-12-22(28)25(24(13-19)32-3)33-15-18-6-8-21(27)9-7-18/h4-13H,15H2,1-3H3,(H,30,31)/b20-11+. The van der Waals surface area contributed by atoms with Crippen LogP contribution in [0.2, 0.25) is 0 Å². The van der Waals surface area contributed by atoms with Crippen LogP contribution in [-0.2, 0) is 11.4 Å². The van der Waals surface area contributed by atoms with Crippen LogP contribution in [0.3, 0.4) is 0 Å². The summed E-state index contributed by atoms with van der Waals surface area (Å²) in [7, 11) is 1.52. The normalized spacial score (nSPS) is 11.0. The predicted molar refractivity (Wildman–Crippen MR) is 135 cm³/mol. The minimum atomic E-state index is -0.489. The van der Waals surface area contributed by atoms with Crippen molar-refractivity contribution in [2.75, 3.05) is 12.4 Å². The summed E-state index contributed by atoms with van der Waals surface area (Å²) >= 11 is 2.11. The Bertz CT molecular complexity index is 1250. The number of anilines is 1. The molecule has 0 aliphatic rings. The molecule has 1 amide bonds. The summed E-state index contributed by atoms with van der Waals surface area (Å²) in [5.41, 5.74) is 3.98. The molecule has 0 heterocycles. The molecule has 0 aliphatic carbocycles. The van der Waals surface area contributed by atoms with Crippen LogP contribution in [0.5, 0.6) is 11.5 Å². The van der Waals surface area contributed by atoms with Gasteiger partial charge in [0.25, 0.3) is 5.91 Å². The summed E-state index contributed by atoms with van der Waals surface area (Å²) in [6.07, 6.45) is 1.51. The van der Waals surface area contributed by atoms with Crippen molar-refractivity contribution in [2.24, 2.45) is 0 Å². The van der Waals surface area contributed by atoms with E-state index in [4.69, 9.17) is 9.47 Å². The van der Waals surface area contributed by atoms with Crippen LogP contribution in [0.15, 0.2) is 60.2 Å². The molecular formula is C26H22FIN2O3. The number of nitrogens with one attached hydrogen (secondary N) is 1. The number of methoxy groups -OCH3 is 1. The number of aryl methyl sites for hydroxylation is 2. The van der Waals surface area contributed by atoms with Crippen molar-refractivity contribution in [1.82, 2.24) is 0 Å². The second-order valence-electron chi connectivity index (χ2n) is 7.39. The average molecular weight is 556 g/mol. The third-order valence-corrected chi connectivity index (χ3v) is 5.67. The summed E-state index contributed by atoms with van der Waals surface area (Å²) in [4.78, 5) is 12.7. The molecule has 5 nitrogen and oxygen atoms in total. The maximum atomic E-state index is 13.1. The number of carbonyl (C=O) groups excluding carboxylic acids is 1. The topological polar surface area (TPSA) is 71.3 Å². The van der Waals surface area contributed by atoms with Gasteiger partial charge in [-0.15, -0.1) is 0 Å². The van der Waals surface area contributed by atoms with Gasteiger partial charge in [0.1, 0.15) is 24.1 Å². The van der Waals surface area contributed by atoms with Gasteiger partial charge in [-0.3, -0.25) is 4.79 Å². The molecule has 7 heteroatoms. The van der Waals surface area contributed by atoms with Gasteiger partial charge in [-0.2, -0.15) is 5.26 Å². The van der Waals surface area contributed by atoms with E-state index >= 15 is 0 Å². The van der Waals surface area contributed by atoms with E-state index in [9.17, 15) is 14.4 Å². The van der Waals surface area contributed by atoms with Gasteiger partial charge in [-0.25, -0.2) is 4.39 Å². The first-order chi connectivity index (χ1) is 15.8. The molecule has 3 aromatic carbocycles. The van der Waals surface area contributed by atoms with Crippen LogP contribution in [0.1, 0.15) is 22.3 Å². The van der Waals surface area contributed by atoms with E-state index in [1.165, 1.54) is 25.3 Å². The number of benzene rings is 3. The van der Waals surface area contributed by atoms with Crippen LogP contribution < -0.4 is 14.8 Å². The Hall–Kier alpha value is -3.38. The molecule has 0 aromatic heterocycles. The van der Waals surface area contributed by atoms with Crippen molar-refractivity contribution < 1.29 is 18.7 Å². The molecule has 0 unspecified atom stereocenters. The maximum absolute atomic E-state index is 13.1. The van der Waals surface area contributed by atoms with E-state index in [-0.39, 0.29) is 18.0 Å². The van der Waals surface area contributed by atoms with Crippen LogP contribution in [0, 0.1) is 34.6 Å². The Balaban J connectivity index is 1.83. The molecule has 0 saturated heterocycles. The zero-order valence-corrected chi connectivity index (χ0v) is 20.6. The maximum Gasteiger partial charge on any atom is 0.266 e. The summed E-state index contributed by atoms with van der Waals surface area (Å²) in [6.45, 7) is 4.07. The third-order valence-electron chi connectivity index (χ3n) is 4.87. The highest BCUT2D eigenvalue weighted by molar-refractivity contribution is 14.1. The minimum absolute atomic E-state index is 0.0336. The van der Waals surface area contributed by atoms with Crippen molar-refractivity contribution >= 4 is 40.3 Å². The lowest BCUT2D eigenvalue weighted by Gasteiger charge is -2.14. The number of carbonyl (C=O) groups is 1.